The van der Waals surface area contributed by atoms with Crippen molar-refractivity contribution in [2.75, 3.05) is 23.9 Å². The largest absolute Gasteiger partial charge is 0.495 e. The highest BCUT2D eigenvalue weighted by molar-refractivity contribution is 6.13. The number of amides is 2. The second-order valence-corrected chi connectivity index (χ2v) is 5.50. The van der Waals surface area contributed by atoms with Gasteiger partial charge in [0.05, 0.1) is 12.8 Å². The summed E-state index contributed by atoms with van der Waals surface area (Å²) in [4.78, 5) is 26.5. The molecule has 1 aliphatic heterocycles. The molecule has 0 bridgehead atoms. The molecule has 3 rings (SSSR count). The molecule has 0 aromatic heterocycles. The van der Waals surface area contributed by atoms with Crippen molar-refractivity contribution in [2.45, 2.75) is 6.42 Å². The molecule has 1 heterocycles. The molecule has 0 radical (unpaired) electrons. The highest BCUT2D eigenvalue weighted by Gasteiger charge is 2.38. The Kier molecular flexibility index (Phi) is 4.46. The first-order valence-electron chi connectivity index (χ1n) is 7.61. The smallest absolute Gasteiger partial charge is 0.239 e. The molecule has 5 nitrogen and oxygen atoms in total. The second-order valence-electron chi connectivity index (χ2n) is 5.50. The molecule has 0 spiro atoms. The molecule has 1 unspecified atom stereocenters. The van der Waals surface area contributed by atoms with Crippen LogP contribution in [0.15, 0.2) is 48.5 Å². The molecule has 1 N–H and O–H groups in total. The third-order valence-electron chi connectivity index (χ3n) is 3.99. The molecule has 24 heavy (non-hydrogen) atoms. The lowest BCUT2D eigenvalue weighted by Gasteiger charge is -2.19. The summed E-state index contributed by atoms with van der Waals surface area (Å²) < 4.78 is 18.5. The highest BCUT2D eigenvalue weighted by Crippen LogP contribution is 2.33. The van der Waals surface area contributed by atoms with Gasteiger partial charge in [-0.1, -0.05) is 18.2 Å². The summed E-state index contributed by atoms with van der Waals surface area (Å²) in [6.07, 6.45) is 0.401. The number of carbonyl (C=O) groups is 2. The summed E-state index contributed by atoms with van der Waals surface area (Å²) >= 11 is 0. The van der Waals surface area contributed by atoms with Crippen LogP contribution < -0.4 is 15.0 Å². The number of benzene rings is 2. The van der Waals surface area contributed by atoms with Gasteiger partial charge in [0.25, 0.3) is 0 Å². The number of carbonyl (C=O) groups excluding carboxylic acids is 2. The Bertz CT molecular complexity index is 778. The summed E-state index contributed by atoms with van der Waals surface area (Å²) in [6, 6.07) is 12.8. The molecule has 2 aromatic rings. The fourth-order valence-corrected chi connectivity index (χ4v) is 2.81. The fraction of sp³-hybridized carbons (Fsp3) is 0.222. The monoisotopic (exact) mass is 328 g/mol. The predicted octanol–water partition coefficient (Wildman–Crippen LogP) is 2.83. The normalized spacial score (nSPS) is 17.0. The summed E-state index contributed by atoms with van der Waals surface area (Å²) in [6.45, 7) is 0.431. The van der Waals surface area contributed by atoms with Crippen molar-refractivity contribution >= 4 is 23.2 Å². The van der Waals surface area contributed by atoms with E-state index in [1.165, 1.54) is 25.3 Å². The lowest BCUT2D eigenvalue weighted by molar-refractivity contribution is -0.129. The van der Waals surface area contributed by atoms with Gasteiger partial charge in [-0.2, -0.15) is 0 Å². The van der Waals surface area contributed by atoms with Gasteiger partial charge in [0, 0.05) is 12.2 Å². The first-order valence-corrected chi connectivity index (χ1v) is 7.61. The molecule has 0 aliphatic carbocycles. The lowest BCUT2D eigenvalue weighted by atomic mass is 10.1. The first kappa shape index (κ1) is 16.0. The highest BCUT2D eigenvalue weighted by atomic mass is 19.1. The number of ether oxygens (including phenoxy) is 1. The molecule has 1 atom stereocenters. The standard InChI is InChI=1S/C18H17FN2O3/c1-24-16-8-3-2-7-15(16)21-10-9-14(18(21)23)17(22)20-13-6-4-5-12(19)11-13/h2-8,11,14H,9-10H2,1H3,(H,20,22). The number of rotatable bonds is 4. The van der Waals surface area contributed by atoms with E-state index >= 15 is 0 Å². The van der Waals surface area contributed by atoms with Crippen LogP contribution in [0.3, 0.4) is 0 Å². The number of nitrogens with one attached hydrogen (secondary N) is 1. The molecule has 2 aromatic carbocycles. The summed E-state index contributed by atoms with van der Waals surface area (Å²) in [7, 11) is 1.54. The van der Waals surface area contributed by atoms with E-state index in [0.717, 1.165) is 0 Å². The molecule has 2 amide bonds. The van der Waals surface area contributed by atoms with E-state index in [1.807, 2.05) is 12.1 Å². The Balaban J connectivity index is 1.75. The minimum Gasteiger partial charge on any atom is -0.495 e. The van der Waals surface area contributed by atoms with Gasteiger partial charge in [-0.15, -0.1) is 0 Å². The fourth-order valence-electron chi connectivity index (χ4n) is 2.81. The Morgan fingerprint density at radius 2 is 2.04 bits per heavy atom. The van der Waals surface area contributed by atoms with Gasteiger partial charge in [-0.3, -0.25) is 9.59 Å². The van der Waals surface area contributed by atoms with Crippen LogP contribution in [0.4, 0.5) is 15.8 Å². The Hall–Kier alpha value is -2.89. The van der Waals surface area contributed by atoms with E-state index in [9.17, 15) is 14.0 Å². The molecule has 1 aliphatic rings. The summed E-state index contributed by atoms with van der Waals surface area (Å²) in [5.74, 6) is -1.37. The number of para-hydroxylation sites is 2. The number of methoxy groups -OCH3 is 1. The maximum Gasteiger partial charge on any atom is 0.239 e. The number of nitrogens with zero attached hydrogens (tertiary/aromatic N) is 1. The molecular formula is C18H17FN2O3. The zero-order chi connectivity index (χ0) is 17.1. The quantitative estimate of drug-likeness (QED) is 0.878. The Morgan fingerprint density at radius 1 is 1.25 bits per heavy atom. The SMILES string of the molecule is COc1ccccc1N1CCC(C(=O)Nc2cccc(F)c2)C1=O. The van der Waals surface area contributed by atoms with Crippen LogP contribution in [0.5, 0.6) is 5.75 Å². The van der Waals surface area contributed by atoms with Crippen LogP contribution in [-0.2, 0) is 9.59 Å². The predicted molar refractivity (Wildman–Crippen MR) is 88.5 cm³/mol. The van der Waals surface area contributed by atoms with E-state index in [1.54, 1.807) is 23.1 Å². The first-order chi connectivity index (χ1) is 11.6. The van der Waals surface area contributed by atoms with Crippen LogP contribution in [0, 0.1) is 11.7 Å². The van der Waals surface area contributed by atoms with Crippen molar-refractivity contribution < 1.29 is 18.7 Å². The van der Waals surface area contributed by atoms with Crippen LogP contribution in [0.2, 0.25) is 0 Å². The third-order valence-corrected chi connectivity index (χ3v) is 3.99. The van der Waals surface area contributed by atoms with E-state index < -0.39 is 17.6 Å². The summed E-state index contributed by atoms with van der Waals surface area (Å²) in [5.41, 5.74) is 0.981. The van der Waals surface area contributed by atoms with E-state index in [4.69, 9.17) is 4.74 Å². The van der Waals surface area contributed by atoms with Gasteiger partial charge in [0.2, 0.25) is 11.8 Å². The van der Waals surface area contributed by atoms with Gasteiger partial charge in [0.1, 0.15) is 17.5 Å². The van der Waals surface area contributed by atoms with Gasteiger partial charge in [-0.25, -0.2) is 4.39 Å². The van der Waals surface area contributed by atoms with Crippen molar-refractivity contribution in [3.63, 3.8) is 0 Å². The van der Waals surface area contributed by atoms with Gasteiger partial charge >= 0.3 is 0 Å². The average molecular weight is 328 g/mol. The molecule has 6 heteroatoms. The van der Waals surface area contributed by atoms with Crippen molar-refractivity contribution in [1.29, 1.82) is 0 Å². The van der Waals surface area contributed by atoms with Gasteiger partial charge < -0.3 is 15.0 Å². The summed E-state index contributed by atoms with van der Waals surface area (Å²) in [5, 5.41) is 2.60. The van der Waals surface area contributed by atoms with Crippen molar-refractivity contribution in [3.05, 3.63) is 54.3 Å². The van der Waals surface area contributed by atoms with Gasteiger partial charge in [-0.05, 0) is 36.8 Å². The maximum absolute atomic E-state index is 13.2. The molecule has 1 fully saturated rings. The molecule has 1 saturated heterocycles. The van der Waals surface area contributed by atoms with Crippen LogP contribution >= 0.6 is 0 Å². The minimum atomic E-state index is -0.793. The third kappa shape index (κ3) is 3.08. The van der Waals surface area contributed by atoms with E-state index in [-0.39, 0.29) is 5.91 Å². The van der Waals surface area contributed by atoms with Crippen molar-refractivity contribution in [2.24, 2.45) is 5.92 Å². The Morgan fingerprint density at radius 3 is 2.79 bits per heavy atom. The molecule has 0 saturated carbocycles. The van der Waals surface area contributed by atoms with E-state index in [2.05, 4.69) is 5.32 Å². The minimum absolute atomic E-state index is 0.284. The average Bonchev–Trinajstić information content (AvgIpc) is 2.96. The maximum atomic E-state index is 13.2. The van der Waals surface area contributed by atoms with Crippen molar-refractivity contribution in [1.82, 2.24) is 0 Å². The van der Waals surface area contributed by atoms with E-state index in [0.29, 0.717) is 30.1 Å². The topological polar surface area (TPSA) is 58.6 Å². The zero-order valence-corrected chi connectivity index (χ0v) is 13.2. The number of halogens is 1. The van der Waals surface area contributed by atoms with Crippen LogP contribution in [0.1, 0.15) is 6.42 Å². The van der Waals surface area contributed by atoms with Crippen molar-refractivity contribution in [3.8, 4) is 5.75 Å². The number of hydrogen-bond acceptors (Lipinski definition) is 3. The lowest BCUT2D eigenvalue weighted by Crippen LogP contribution is -2.33. The van der Waals surface area contributed by atoms with Gasteiger partial charge in [0.15, 0.2) is 0 Å². The molecular weight excluding hydrogens is 311 g/mol. The second kappa shape index (κ2) is 6.70. The Labute approximate surface area is 139 Å². The van der Waals surface area contributed by atoms with Crippen LogP contribution in [0.25, 0.3) is 0 Å². The number of anilines is 2. The number of hydrogen-bond donors (Lipinski definition) is 1. The zero-order valence-electron chi connectivity index (χ0n) is 13.2. The molecule has 124 valence electrons. The van der Waals surface area contributed by atoms with Crippen LogP contribution in [-0.4, -0.2) is 25.5 Å².